The van der Waals surface area contributed by atoms with Crippen molar-refractivity contribution in [2.75, 3.05) is 13.1 Å². The standard InChI is InChI=1S/C25H28F2N4O3/c1-15-3-2-4-16(13-15)24(33)30-11-12-31(25(34)17-5-10-20(26)21(27)14-17)23(30)22(32)29-19-8-6-18(28)7-9-19/h2-5,10,13-14,18-19,23H,6-9,11-12,28H2,1H3,(H,29,32). The second kappa shape index (κ2) is 9.89. The fourth-order valence-electron chi connectivity index (χ4n) is 4.61. The number of carbonyl (C=O) groups is 3. The monoisotopic (exact) mass is 470 g/mol. The van der Waals surface area contributed by atoms with Crippen LogP contribution in [0.1, 0.15) is 52.0 Å². The minimum atomic E-state index is -1.20. The summed E-state index contributed by atoms with van der Waals surface area (Å²) < 4.78 is 27.2. The van der Waals surface area contributed by atoms with E-state index in [0.717, 1.165) is 30.5 Å². The lowest BCUT2D eigenvalue weighted by Crippen LogP contribution is -2.56. The molecule has 1 atom stereocenters. The van der Waals surface area contributed by atoms with Crippen molar-refractivity contribution < 1.29 is 23.2 Å². The molecule has 1 saturated carbocycles. The normalized spacial score (nSPS) is 22.5. The second-order valence-corrected chi connectivity index (χ2v) is 8.99. The van der Waals surface area contributed by atoms with Crippen LogP contribution in [-0.2, 0) is 4.79 Å². The van der Waals surface area contributed by atoms with Crippen molar-refractivity contribution in [2.24, 2.45) is 5.73 Å². The van der Waals surface area contributed by atoms with Gasteiger partial charge in [-0.05, 0) is 62.9 Å². The van der Waals surface area contributed by atoms with Crippen molar-refractivity contribution >= 4 is 17.7 Å². The Hall–Kier alpha value is -3.33. The van der Waals surface area contributed by atoms with Gasteiger partial charge in [-0.3, -0.25) is 14.4 Å². The van der Waals surface area contributed by atoms with Crippen molar-refractivity contribution in [1.82, 2.24) is 15.1 Å². The molecule has 7 nitrogen and oxygen atoms in total. The molecular weight excluding hydrogens is 442 g/mol. The molecular formula is C25H28F2N4O3. The molecule has 0 aromatic heterocycles. The Labute approximate surface area is 196 Å². The molecule has 2 fully saturated rings. The number of benzene rings is 2. The average Bonchev–Trinajstić information content (AvgIpc) is 3.26. The molecule has 1 aliphatic heterocycles. The van der Waals surface area contributed by atoms with Crippen molar-refractivity contribution in [3.05, 3.63) is 70.8 Å². The SMILES string of the molecule is Cc1cccc(C(=O)N2CCN(C(=O)c3ccc(F)c(F)c3)C2C(=O)NC2CCC(N)CC2)c1. The van der Waals surface area contributed by atoms with Crippen molar-refractivity contribution in [3.8, 4) is 0 Å². The third-order valence-electron chi connectivity index (χ3n) is 6.48. The van der Waals surface area contributed by atoms with Crippen LogP contribution < -0.4 is 11.1 Å². The van der Waals surface area contributed by atoms with E-state index in [9.17, 15) is 23.2 Å². The lowest BCUT2D eigenvalue weighted by molar-refractivity contribution is -0.129. The Balaban J connectivity index is 1.62. The summed E-state index contributed by atoms with van der Waals surface area (Å²) in [6.07, 6.45) is 1.77. The highest BCUT2D eigenvalue weighted by Gasteiger charge is 2.44. The van der Waals surface area contributed by atoms with Gasteiger partial charge in [-0.1, -0.05) is 17.7 Å². The molecule has 3 amide bonds. The van der Waals surface area contributed by atoms with Gasteiger partial charge >= 0.3 is 0 Å². The van der Waals surface area contributed by atoms with Crippen LogP contribution in [0.4, 0.5) is 8.78 Å². The number of hydrogen-bond donors (Lipinski definition) is 2. The lowest BCUT2D eigenvalue weighted by atomic mass is 9.92. The quantitative estimate of drug-likeness (QED) is 0.718. The number of aryl methyl sites for hydroxylation is 1. The summed E-state index contributed by atoms with van der Waals surface area (Å²) in [5, 5.41) is 2.97. The lowest BCUT2D eigenvalue weighted by Gasteiger charge is -2.33. The first kappa shape index (κ1) is 23.8. The van der Waals surface area contributed by atoms with Crippen LogP contribution >= 0.6 is 0 Å². The van der Waals surface area contributed by atoms with Gasteiger partial charge in [-0.2, -0.15) is 0 Å². The summed E-state index contributed by atoms with van der Waals surface area (Å²) in [6.45, 7) is 2.08. The number of nitrogens with two attached hydrogens (primary N) is 1. The highest BCUT2D eigenvalue weighted by molar-refractivity contribution is 6.02. The zero-order valence-corrected chi connectivity index (χ0v) is 19.0. The molecule has 1 aliphatic carbocycles. The molecule has 3 N–H and O–H groups in total. The smallest absolute Gasteiger partial charge is 0.264 e. The molecule has 0 bridgehead atoms. The van der Waals surface area contributed by atoms with Crippen LogP contribution in [0.15, 0.2) is 42.5 Å². The minimum Gasteiger partial charge on any atom is -0.350 e. The summed E-state index contributed by atoms with van der Waals surface area (Å²) in [4.78, 5) is 42.6. The molecule has 9 heteroatoms. The maximum Gasteiger partial charge on any atom is 0.264 e. The fraction of sp³-hybridized carbons (Fsp3) is 0.400. The Morgan fingerprint density at radius 2 is 1.50 bits per heavy atom. The molecule has 34 heavy (non-hydrogen) atoms. The van der Waals surface area contributed by atoms with Crippen molar-refractivity contribution in [1.29, 1.82) is 0 Å². The molecule has 2 aromatic rings. The van der Waals surface area contributed by atoms with E-state index in [2.05, 4.69) is 5.32 Å². The van der Waals surface area contributed by atoms with Gasteiger partial charge in [0, 0.05) is 36.3 Å². The minimum absolute atomic E-state index is 0.0863. The van der Waals surface area contributed by atoms with Crippen LogP contribution in [0.25, 0.3) is 0 Å². The number of nitrogens with zero attached hydrogens (tertiary/aromatic N) is 2. The van der Waals surface area contributed by atoms with Gasteiger partial charge in [-0.15, -0.1) is 0 Å². The topological polar surface area (TPSA) is 95.7 Å². The first-order valence-electron chi connectivity index (χ1n) is 11.4. The zero-order valence-electron chi connectivity index (χ0n) is 19.0. The summed E-state index contributed by atoms with van der Waals surface area (Å²) in [5.41, 5.74) is 7.16. The van der Waals surface area contributed by atoms with Crippen molar-refractivity contribution in [2.45, 2.75) is 50.9 Å². The largest absolute Gasteiger partial charge is 0.350 e. The van der Waals surface area contributed by atoms with E-state index in [1.807, 2.05) is 13.0 Å². The van der Waals surface area contributed by atoms with Crippen LogP contribution in [0, 0.1) is 18.6 Å². The van der Waals surface area contributed by atoms with Gasteiger partial charge < -0.3 is 20.9 Å². The Bertz CT molecular complexity index is 1100. The van der Waals surface area contributed by atoms with E-state index in [1.165, 1.54) is 15.9 Å². The maximum atomic E-state index is 13.8. The highest BCUT2D eigenvalue weighted by Crippen LogP contribution is 2.24. The Morgan fingerprint density at radius 3 is 2.09 bits per heavy atom. The summed E-state index contributed by atoms with van der Waals surface area (Å²) in [7, 11) is 0. The molecule has 1 heterocycles. The van der Waals surface area contributed by atoms with Gasteiger partial charge in [0.1, 0.15) is 0 Å². The Kier molecular flexibility index (Phi) is 6.92. The summed E-state index contributed by atoms with van der Waals surface area (Å²) >= 11 is 0. The van der Waals surface area contributed by atoms with Crippen LogP contribution in [0.3, 0.4) is 0 Å². The predicted molar refractivity (Wildman–Crippen MR) is 122 cm³/mol. The van der Waals surface area contributed by atoms with Gasteiger partial charge in [0.05, 0.1) is 0 Å². The fourth-order valence-corrected chi connectivity index (χ4v) is 4.61. The first-order chi connectivity index (χ1) is 16.2. The van der Waals surface area contributed by atoms with E-state index in [-0.39, 0.29) is 36.6 Å². The van der Waals surface area contributed by atoms with E-state index in [4.69, 9.17) is 5.73 Å². The number of nitrogens with one attached hydrogen (secondary N) is 1. The van der Waals surface area contributed by atoms with Gasteiger partial charge in [0.15, 0.2) is 17.8 Å². The van der Waals surface area contributed by atoms with E-state index >= 15 is 0 Å². The number of halogens is 2. The van der Waals surface area contributed by atoms with E-state index in [0.29, 0.717) is 18.4 Å². The molecule has 0 spiro atoms. The molecule has 1 saturated heterocycles. The van der Waals surface area contributed by atoms with Crippen LogP contribution in [0.2, 0.25) is 0 Å². The molecule has 2 aromatic carbocycles. The molecule has 1 unspecified atom stereocenters. The van der Waals surface area contributed by atoms with Gasteiger partial charge in [0.2, 0.25) is 0 Å². The van der Waals surface area contributed by atoms with Crippen LogP contribution in [0.5, 0.6) is 0 Å². The Morgan fingerprint density at radius 1 is 0.882 bits per heavy atom. The number of carbonyl (C=O) groups excluding carboxylic acids is 3. The average molecular weight is 471 g/mol. The van der Waals surface area contributed by atoms with Crippen LogP contribution in [-0.4, -0.2) is 58.9 Å². The molecule has 180 valence electrons. The number of amides is 3. The third-order valence-corrected chi connectivity index (χ3v) is 6.48. The van der Waals surface area contributed by atoms with Crippen molar-refractivity contribution in [3.63, 3.8) is 0 Å². The van der Waals surface area contributed by atoms with Gasteiger partial charge in [0.25, 0.3) is 17.7 Å². The number of rotatable bonds is 4. The molecule has 0 radical (unpaired) electrons. The second-order valence-electron chi connectivity index (χ2n) is 8.99. The molecule has 4 rings (SSSR count). The van der Waals surface area contributed by atoms with E-state index < -0.39 is 29.6 Å². The highest BCUT2D eigenvalue weighted by atomic mass is 19.2. The first-order valence-corrected chi connectivity index (χ1v) is 11.4. The predicted octanol–water partition coefficient (Wildman–Crippen LogP) is 2.58. The number of hydrogen-bond acceptors (Lipinski definition) is 4. The van der Waals surface area contributed by atoms with Gasteiger partial charge in [-0.25, -0.2) is 8.78 Å². The molecule has 2 aliphatic rings. The third kappa shape index (κ3) is 4.94. The van der Waals surface area contributed by atoms with E-state index in [1.54, 1.807) is 18.2 Å². The zero-order chi connectivity index (χ0) is 24.4. The summed E-state index contributed by atoms with van der Waals surface area (Å²) in [6, 6.07) is 9.83. The summed E-state index contributed by atoms with van der Waals surface area (Å²) in [5.74, 6) is -3.73. The maximum absolute atomic E-state index is 13.8.